The van der Waals surface area contributed by atoms with Gasteiger partial charge < -0.3 is 25.3 Å². The number of alkyl halides is 3. The molecule has 3 fully saturated rings. The lowest BCUT2D eigenvalue weighted by molar-refractivity contribution is -0.274. The summed E-state index contributed by atoms with van der Waals surface area (Å²) in [5.74, 6) is -1.35. The maximum atomic E-state index is 14.3. The third-order valence-corrected chi connectivity index (χ3v) is 9.85. The number of benzene rings is 3. The van der Waals surface area contributed by atoms with Crippen LogP contribution in [-0.4, -0.2) is 84.0 Å². The van der Waals surface area contributed by atoms with Gasteiger partial charge in [0.2, 0.25) is 5.91 Å². The highest BCUT2D eigenvalue weighted by Crippen LogP contribution is 2.36. The van der Waals surface area contributed by atoms with Gasteiger partial charge in [-0.1, -0.05) is 24.3 Å². The van der Waals surface area contributed by atoms with Gasteiger partial charge >= 0.3 is 6.36 Å². The Bertz CT molecular complexity index is 1770. The van der Waals surface area contributed by atoms with Crippen molar-refractivity contribution in [1.82, 2.24) is 30.3 Å². The lowest BCUT2D eigenvalue weighted by atomic mass is 10.0. The first-order valence-electron chi connectivity index (χ1n) is 16.7. The number of hydrogen-bond donors (Lipinski definition) is 3. The molecular formula is C36H39F5N6O2. The number of amides is 1. The van der Waals surface area contributed by atoms with Crippen molar-refractivity contribution in [2.75, 3.05) is 39.3 Å². The minimum atomic E-state index is -4.77. The second-order valence-electron chi connectivity index (χ2n) is 13.1. The number of piperazine rings is 2. The Kier molecular flexibility index (Phi) is 9.60. The third kappa shape index (κ3) is 7.59. The van der Waals surface area contributed by atoms with Gasteiger partial charge in [0, 0.05) is 99.2 Å². The molecule has 260 valence electrons. The van der Waals surface area contributed by atoms with Crippen LogP contribution < -0.4 is 20.7 Å². The van der Waals surface area contributed by atoms with Crippen LogP contribution in [0.25, 0.3) is 22.0 Å². The molecular weight excluding hydrogens is 643 g/mol. The first-order chi connectivity index (χ1) is 23.6. The summed E-state index contributed by atoms with van der Waals surface area (Å²) in [5, 5.41) is 10.4. The van der Waals surface area contributed by atoms with Crippen molar-refractivity contribution in [3.8, 4) is 16.9 Å². The Morgan fingerprint density at radius 2 is 1.67 bits per heavy atom. The average Bonchev–Trinajstić information content (AvgIpc) is 3.77. The summed E-state index contributed by atoms with van der Waals surface area (Å²) in [4.78, 5) is 17.1. The second kappa shape index (κ2) is 14.1. The fourth-order valence-electron chi connectivity index (χ4n) is 7.46. The van der Waals surface area contributed by atoms with E-state index >= 15 is 0 Å². The van der Waals surface area contributed by atoms with Crippen molar-refractivity contribution in [2.45, 2.75) is 57.0 Å². The minimum Gasteiger partial charge on any atom is -0.406 e. The van der Waals surface area contributed by atoms with Crippen LogP contribution in [0.2, 0.25) is 0 Å². The van der Waals surface area contributed by atoms with Crippen molar-refractivity contribution in [3.05, 3.63) is 89.6 Å². The Morgan fingerprint density at radius 3 is 2.35 bits per heavy atom. The van der Waals surface area contributed by atoms with Gasteiger partial charge in [0.15, 0.2) is 0 Å². The van der Waals surface area contributed by atoms with Crippen LogP contribution >= 0.6 is 0 Å². The molecule has 0 aliphatic carbocycles. The number of nitrogens with zero attached hydrogens (tertiary/aromatic N) is 3. The van der Waals surface area contributed by atoms with Crippen LogP contribution in [-0.2, 0) is 24.4 Å². The number of fused-ring (bicyclic) bond motifs is 3. The maximum Gasteiger partial charge on any atom is 0.573 e. The van der Waals surface area contributed by atoms with Crippen LogP contribution in [0.1, 0.15) is 24.0 Å². The highest BCUT2D eigenvalue weighted by molar-refractivity contribution is 5.96. The van der Waals surface area contributed by atoms with E-state index in [9.17, 15) is 26.7 Å². The van der Waals surface area contributed by atoms with Gasteiger partial charge in [0.25, 0.3) is 0 Å². The zero-order chi connectivity index (χ0) is 34.1. The number of ether oxygens (including phenoxy) is 1. The Hall–Kier alpha value is -4.04. The van der Waals surface area contributed by atoms with Gasteiger partial charge in [-0.2, -0.15) is 0 Å². The molecule has 3 unspecified atom stereocenters. The predicted octanol–water partition coefficient (Wildman–Crippen LogP) is 5.01. The number of halogens is 5. The molecule has 8 nitrogen and oxygen atoms in total. The van der Waals surface area contributed by atoms with Gasteiger partial charge in [-0.15, -0.1) is 13.2 Å². The molecule has 2 bridgehead atoms. The van der Waals surface area contributed by atoms with Gasteiger partial charge in [-0.05, 0) is 60.4 Å². The summed E-state index contributed by atoms with van der Waals surface area (Å²) in [6, 6.07) is 16.4. The van der Waals surface area contributed by atoms with E-state index in [0.717, 1.165) is 60.2 Å². The quantitative estimate of drug-likeness (QED) is 0.153. The molecule has 3 aliphatic rings. The van der Waals surface area contributed by atoms with Gasteiger partial charge in [0.05, 0.1) is 6.04 Å². The van der Waals surface area contributed by atoms with E-state index < -0.39 is 18.0 Å². The molecule has 3 saturated heterocycles. The number of aryl methyl sites for hydroxylation is 1. The van der Waals surface area contributed by atoms with Crippen molar-refractivity contribution in [3.63, 3.8) is 0 Å². The number of rotatable bonds is 11. The number of aromatic nitrogens is 1. The molecule has 7 rings (SSSR count). The van der Waals surface area contributed by atoms with Gasteiger partial charge in [0.1, 0.15) is 17.4 Å². The molecule has 0 radical (unpaired) electrons. The lowest BCUT2D eigenvalue weighted by Crippen LogP contribution is -2.55. The first-order valence-corrected chi connectivity index (χ1v) is 16.7. The summed E-state index contributed by atoms with van der Waals surface area (Å²) in [6.07, 6.45) is -1.12. The fourth-order valence-corrected chi connectivity index (χ4v) is 7.46. The zero-order valence-corrected chi connectivity index (χ0v) is 26.9. The standard InChI is InChI=1S/C36H39F5N6O2/c37-31-3-1-4-32(38)30(31)22-47-20-25-16-26(47)19-46(25)18-23-5-10-34-28(15-23)29(24-6-8-27(9-7-24)49-36(39,40)41)21-45(34)14-2-11-44-35(48)33-17-42-12-13-43-33/h1,3-10,15,21,25-26,33,42-43H,2,11-14,16-20,22H2,(H,44,48). The van der Waals surface area contributed by atoms with Crippen molar-refractivity contribution in [2.24, 2.45) is 0 Å². The summed E-state index contributed by atoms with van der Waals surface area (Å²) >= 11 is 0. The number of likely N-dealkylation sites (tertiary alicyclic amines) is 2. The van der Waals surface area contributed by atoms with Crippen molar-refractivity contribution in [1.29, 1.82) is 0 Å². The van der Waals surface area contributed by atoms with E-state index in [0.29, 0.717) is 32.6 Å². The Balaban J connectivity index is 1.06. The monoisotopic (exact) mass is 682 g/mol. The van der Waals surface area contributed by atoms with Crippen molar-refractivity contribution < 1.29 is 31.5 Å². The maximum absolute atomic E-state index is 14.3. The molecule has 3 N–H and O–H groups in total. The molecule has 13 heteroatoms. The minimum absolute atomic E-state index is 0.0332. The SMILES string of the molecule is O=C(NCCCn1cc(-c2ccc(OC(F)(F)F)cc2)c2cc(CN3CC4CC3CN4Cc3c(F)cccc3F)ccc21)C1CNCCN1. The van der Waals surface area contributed by atoms with E-state index in [2.05, 4.69) is 53.3 Å². The van der Waals surface area contributed by atoms with Crippen LogP contribution in [0.15, 0.2) is 66.9 Å². The Labute approximate surface area is 281 Å². The van der Waals surface area contributed by atoms with Crippen molar-refractivity contribution >= 4 is 16.8 Å². The molecule has 49 heavy (non-hydrogen) atoms. The highest BCUT2D eigenvalue weighted by atomic mass is 19.4. The number of carbonyl (C=O) groups excluding carboxylic acids is 1. The van der Waals surface area contributed by atoms with Crippen LogP contribution in [0.5, 0.6) is 5.75 Å². The lowest BCUT2D eigenvalue weighted by Gasteiger charge is -2.34. The van der Waals surface area contributed by atoms with Crippen LogP contribution in [0.4, 0.5) is 22.0 Å². The zero-order valence-electron chi connectivity index (χ0n) is 26.9. The predicted molar refractivity (Wildman–Crippen MR) is 176 cm³/mol. The van der Waals surface area contributed by atoms with E-state index in [1.54, 1.807) is 12.1 Å². The summed E-state index contributed by atoms with van der Waals surface area (Å²) in [7, 11) is 0. The smallest absolute Gasteiger partial charge is 0.406 e. The molecule has 3 aromatic carbocycles. The number of carbonyl (C=O) groups is 1. The normalized spacial score (nSPS) is 21.4. The molecule has 4 aromatic rings. The van der Waals surface area contributed by atoms with E-state index in [1.807, 2.05) is 6.20 Å². The summed E-state index contributed by atoms with van der Waals surface area (Å²) < 4.78 is 73.3. The van der Waals surface area contributed by atoms with E-state index in [1.165, 1.54) is 30.3 Å². The molecule has 3 atom stereocenters. The molecule has 1 amide bonds. The molecule has 0 spiro atoms. The highest BCUT2D eigenvalue weighted by Gasteiger charge is 2.43. The largest absolute Gasteiger partial charge is 0.573 e. The summed E-state index contributed by atoms with van der Waals surface area (Å²) in [6.45, 7) is 5.81. The summed E-state index contributed by atoms with van der Waals surface area (Å²) in [5.41, 5.74) is 3.85. The van der Waals surface area contributed by atoms with Crippen LogP contribution in [0, 0.1) is 11.6 Å². The van der Waals surface area contributed by atoms with Gasteiger partial charge in [-0.3, -0.25) is 14.6 Å². The average molecular weight is 683 g/mol. The topological polar surface area (TPSA) is 73.8 Å². The van der Waals surface area contributed by atoms with E-state index in [4.69, 9.17) is 0 Å². The Morgan fingerprint density at radius 1 is 0.939 bits per heavy atom. The van der Waals surface area contributed by atoms with E-state index in [-0.39, 0.29) is 41.9 Å². The molecule has 1 aromatic heterocycles. The first kappa shape index (κ1) is 33.5. The van der Waals surface area contributed by atoms with Gasteiger partial charge in [-0.25, -0.2) is 8.78 Å². The molecule has 4 heterocycles. The third-order valence-electron chi connectivity index (χ3n) is 9.85. The van der Waals surface area contributed by atoms with Crippen LogP contribution in [0.3, 0.4) is 0 Å². The molecule has 0 saturated carbocycles. The number of nitrogens with one attached hydrogen (secondary N) is 3. The fraction of sp³-hybridized carbons (Fsp3) is 0.417. The molecule has 3 aliphatic heterocycles. The number of hydrogen-bond acceptors (Lipinski definition) is 6. The second-order valence-corrected chi connectivity index (χ2v) is 13.1.